The van der Waals surface area contributed by atoms with E-state index in [4.69, 9.17) is 5.10 Å². The van der Waals surface area contributed by atoms with Crippen molar-refractivity contribution in [3.63, 3.8) is 0 Å². The number of fused-ring (bicyclic) bond motifs is 1. The highest BCUT2D eigenvalue weighted by atomic mass is 16.1. The molecule has 0 radical (unpaired) electrons. The molecule has 1 N–H and O–H groups in total. The molecule has 33 heavy (non-hydrogen) atoms. The van der Waals surface area contributed by atoms with Crippen molar-refractivity contribution >= 4 is 22.6 Å². The summed E-state index contributed by atoms with van der Waals surface area (Å²) in [6.45, 7) is 7.51. The fourth-order valence-electron chi connectivity index (χ4n) is 4.51. The van der Waals surface area contributed by atoms with Gasteiger partial charge in [-0.15, -0.1) is 5.10 Å². The summed E-state index contributed by atoms with van der Waals surface area (Å²) in [4.78, 5) is 16.9. The van der Waals surface area contributed by atoms with Crippen LogP contribution in [0, 0.1) is 12.8 Å². The van der Waals surface area contributed by atoms with E-state index in [9.17, 15) is 4.79 Å². The number of carbonyl (C=O) groups is 1. The summed E-state index contributed by atoms with van der Waals surface area (Å²) >= 11 is 0. The number of aromatic nitrogens is 4. The Labute approximate surface area is 196 Å². The zero-order valence-corrected chi connectivity index (χ0v) is 20.2. The lowest BCUT2D eigenvalue weighted by Gasteiger charge is -2.31. The van der Waals surface area contributed by atoms with Gasteiger partial charge in [0.05, 0.1) is 17.6 Å². The normalized spacial score (nSPS) is 14.9. The monoisotopic (exact) mass is 449 g/mol. The Kier molecular flexibility index (Phi) is 7.23. The summed E-state index contributed by atoms with van der Waals surface area (Å²) in [5, 5.41) is 17.9. The van der Waals surface area contributed by atoms with E-state index in [1.54, 1.807) is 0 Å². The Hall–Kier alpha value is -3.00. The van der Waals surface area contributed by atoms with Crippen molar-refractivity contribution < 1.29 is 4.79 Å². The van der Waals surface area contributed by atoms with Crippen LogP contribution in [-0.2, 0) is 11.2 Å². The molecule has 1 amide bonds. The van der Waals surface area contributed by atoms with Gasteiger partial charge in [-0.1, -0.05) is 24.6 Å². The molecule has 0 spiro atoms. The van der Waals surface area contributed by atoms with E-state index < -0.39 is 0 Å². The fourth-order valence-corrected chi connectivity index (χ4v) is 4.51. The van der Waals surface area contributed by atoms with Gasteiger partial charge in [0.1, 0.15) is 5.52 Å². The van der Waals surface area contributed by atoms with Crippen molar-refractivity contribution in [3.05, 3.63) is 41.7 Å². The summed E-state index contributed by atoms with van der Waals surface area (Å²) in [6, 6.07) is 8.41. The standard InChI is InChI=1S/C25H35N7O/c1-5-22-21-17-27-28-24(23(21)29-32(22)20-9-7-18(2)8-10-20)31-15-11-19(12-16-31)25(33)26-13-6-14-30(3)4/h7-10,17,19H,5-6,11-16H2,1-4H3,(H,26,33). The van der Waals surface area contributed by atoms with Gasteiger partial charge < -0.3 is 15.1 Å². The van der Waals surface area contributed by atoms with E-state index in [0.717, 1.165) is 80.0 Å². The lowest BCUT2D eigenvalue weighted by molar-refractivity contribution is -0.125. The van der Waals surface area contributed by atoms with Crippen molar-refractivity contribution in [2.24, 2.45) is 5.92 Å². The third kappa shape index (κ3) is 5.16. The molecule has 2 aromatic heterocycles. The van der Waals surface area contributed by atoms with Crippen molar-refractivity contribution in [1.82, 2.24) is 30.2 Å². The molecule has 1 saturated heterocycles. The van der Waals surface area contributed by atoms with Crippen LogP contribution in [0.1, 0.15) is 37.4 Å². The molecule has 0 aliphatic carbocycles. The zero-order chi connectivity index (χ0) is 23.4. The highest BCUT2D eigenvalue weighted by Gasteiger charge is 2.27. The molecule has 8 nitrogen and oxygen atoms in total. The van der Waals surface area contributed by atoms with Crippen LogP contribution in [0.2, 0.25) is 0 Å². The van der Waals surface area contributed by atoms with E-state index in [-0.39, 0.29) is 11.8 Å². The van der Waals surface area contributed by atoms with Gasteiger partial charge in [-0.05, 0) is 65.4 Å². The van der Waals surface area contributed by atoms with Gasteiger partial charge in [0, 0.05) is 30.9 Å². The van der Waals surface area contributed by atoms with Gasteiger partial charge >= 0.3 is 0 Å². The van der Waals surface area contributed by atoms with Crippen molar-refractivity contribution in [2.75, 3.05) is 45.2 Å². The Bertz CT molecular complexity index is 1080. The molecule has 1 aromatic carbocycles. The second-order valence-electron chi connectivity index (χ2n) is 9.19. The van der Waals surface area contributed by atoms with Crippen LogP contribution >= 0.6 is 0 Å². The van der Waals surface area contributed by atoms with Gasteiger partial charge in [0.25, 0.3) is 0 Å². The number of nitrogens with zero attached hydrogens (tertiary/aromatic N) is 6. The molecule has 0 atom stereocenters. The summed E-state index contributed by atoms with van der Waals surface area (Å²) in [6.07, 6.45) is 5.28. The molecule has 4 rings (SSSR count). The summed E-state index contributed by atoms with van der Waals surface area (Å²) in [5.41, 5.74) is 4.29. The van der Waals surface area contributed by atoms with Crippen molar-refractivity contribution in [2.45, 2.75) is 39.5 Å². The Morgan fingerprint density at radius 1 is 1.18 bits per heavy atom. The minimum atomic E-state index is 0.0593. The molecule has 176 valence electrons. The number of rotatable bonds is 8. The predicted octanol–water partition coefficient (Wildman–Crippen LogP) is 2.97. The van der Waals surface area contributed by atoms with Crippen LogP contribution in [0.3, 0.4) is 0 Å². The zero-order valence-electron chi connectivity index (χ0n) is 20.2. The van der Waals surface area contributed by atoms with Crippen LogP contribution in [0.5, 0.6) is 0 Å². The second-order valence-corrected chi connectivity index (χ2v) is 9.19. The predicted molar refractivity (Wildman–Crippen MR) is 132 cm³/mol. The van der Waals surface area contributed by atoms with Crippen molar-refractivity contribution in [3.8, 4) is 5.69 Å². The molecule has 1 fully saturated rings. The maximum absolute atomic E-state index is 12.6. The fraction of sp³-hybridized carbons (Fsp3) is 0.520. The molecule has 8 heteroatoms. The number of aryl methyl sites for hydroxylation is 2. The van der Waals surface area contributed by atoms with E-state index in [0.29, 0.717) is 0 Å². The first-order chi connectivity index (χ1) is 16.0. The number of amides is 1. The highest BCUT2D eigenvalue weighted by Crippen LogP contribution is 2.30. The molecular weight excluding hydrogens is 414 g/mol. The molecular formula is C25H35N7O. The first-order valence-corrected chi connectivity index (χ1v) is 12.0. The van der Waals surface area contributed by atoms with Crippen LogP contribution in [0.15, 0.2) is 30.5 Å². The average Bonchev–Trinajstić information content (AvgIpc) is 3.21. The number of hydrogen-bond donors (Lipinski definition) is 1. The molecule has 3 aromatic rings. The maximum Gasteiger partial charge on any atom is 0.223 e. The van der Waals surface area contributed by atoms with E-state index in [2.05, 4.69) is 63.4 Å². The van der Waals surface area contributed by atoms with Gasteiger partial charge in [0.15, 0.2) is 5.82 Å². The largest absolute Gasteiger partial charge is 0.356 e. The van der Waals surface area contributed by atoms with Crippen LogP contribution in [0.4, 0.5) is 5.82 Å². The van der Waals surface area contributed by atoms with Crippen LogP contribution < -0.4 is 10.2 Å². The number of benzene rings is 1. The Morgan fingerprint density at radius 3 is 2.58 bits per heavy atom. The molecule has 0 bridgehead atoms. The summed E-state index contributed by atoms with van der Waals surface area (Å²) < 4.78 is 2.02. The second kappa shape index (κ2) is 10.3. The smallest absolute Gasteiger partial charge is 0.223 e. The van der Waals surface area contributed by atoms with E-state index in [1.165, 1.54) is 5.56 Å². The third-order valence-electron chi connectivity index (χ3n) is 6.43. The number of piperidine rings is 1. The van der Waals surface area contributed by atoms with Crippen LogP contribution in [0.25, 0.3) is 16.6 Å². The lowest BCUT2D eigenvalue weighted by Crippen LogP contribution is -2.41. The molecule has 3 heterocycles. The van der Waals surface area contributed by atoms with Gasteiger partial charge in [-0.25, -0.2) is 4.68 Å². The highest BCUT2D eigenvalue weighted by molar-refractivity contribution is 5.90. The van der Waals surface area contributed by atoms with Gasteiger partial charge in [-0.2, -0.15) is 10.2 Å². The van der Waals surface area contributed by atoms with Crippen molar-refractivity contribution in [1.29, 1.82) is 0 Å². The third-order valence-corrected chi connectivity index (χ3v) is 6.43. The molecule has 1 aliphatic heterocycles. The number of hydrogen-bond acceptors (Lipinski definition) is 6. The Balaban J connectivity index is 1.48. The molecule has 1 aliphatic rings. The molecule has 0 saturated carbocycles. The number of anilines is 1. The minimum Gasteiger partial charge on any atom is -0.356 e. The topological polar surface area (TPSA) is 79.2 Å². The number of nitrogens with one attached hydrogen (secondary N) is 1. The minimum absolute atomic E-state index is 0.0593. The lowest BCUT2D eigenvalue weighted by atomic mass is 9.96. The van der Waals surface area contributed by atoms with Gasteiger partial charge in [-0.3, -0.25) is 4.79 Å². The SMILES string of the molecule is CCc1c2cnnc(N3CCC(C(=O)NCCCN(C)C)CC3)c2nn1-c1ccc(C)cc1. The average molecular weight is 450 g/mol. The summed E-state index contributed by atoms with van der Waals surface area (Å²) in [5.74, 6) is 1.05. The maximum atomic E-state index is 12.6. The number of carbonyl (C=O) groups excluding carboxylic acids is 1. The Morgan fingerprint density at radius 2 is 1.91 bits per heavy atom. The first kappa shape index (κ1) is 23.2. The molecule has 0 unspecified atom stereocenters. The van der Waals surface area contributed by atoms with E-state index >= 15 is 0 Å². The van der Waals surface area contributed by atoms with Crippen LogP contribution in [-0.4, -0.2) is 71.1 Å². The first-order valence-electron chi connectivity index (χ1n) is 12.0. The summed E-state index contributed by atoms with van der Waals surface area (Å²) in [7, 11) is 4.10. The van der Waals surface area contributed by atoms with Gasteiger partial charge in [0.2, 0.25) is 5.91 Å². The van der Waals surface area contributed by atoms with E-state index in [1.807, 2.05) is 25.0 Å². The quantitative estimate of drug-likeness (QED) is 0.533.